The number of ketones is 1. The molecule has 0 N–H and O–H groups in total. The van der Waals surface area contributed by atoms with E-state index in [2.05, 4.69) is 248 Å². The van der Waals surface area contributed by atoms with Crippen LogP contribution in [0.4, 0.5) is 39.5 Å². The molecule has 2 atom stereocenters. The average Bonchev–Trinajstić information content (AvgIpc) is 1.59. The number of alkyl halides is 13. The molecule has 772 valence electrons. The van der Waals surface area contributed by atoms with E-state index in [0.717, 1.165) is 74.2 Å². The molecule has 0 aromatic carbocycles. The first-order valence-corrected chi connectivity index (χ1v) is 72.3. The van der Waals surface area contributed by atoms with Crippen molar-refractivity contribution < 1.29 is 124 Å². The van der Waals surface area contributed by atoms with Gasteiger partial charge < -0.3 is 39.0 Å². The molecule has 134 heavy (non-hydrogen) atoms. The van der Waals surface area contributed by atoms with Crippen LogP contribution in [0.15, 0.2) is 89.2 Å². The standard InChI is InChI=1S/C13H23BO2.C12H24B2O4.C8H11F3O3S.C7H8BrN.C7H9N.C7H8N.C7H12O.7C4H9.C2F6O5S2.CBr4.ClH.Li.2Sn/c1-10-6-8-11(9-7-10)14-15-12(2,3)13(4,5)16-14;1-9(2)10(3,4)16-13(15-9)14-17-11(5,6)12(7,8)18-14;1-6-2-4-7(5-3-6)14-15(12,13)8(9,10)11;1-2-6-3-4-7(8)9-5-6;2*1-2-7-4-3-5-8-6-7;1-6-2-4-7(8)5-3-6;7*1-3-4-2;3-1(4,5)14(9,10)13-15(11,12)2(6,7)8;2-1(3,4)5;;;;/h8,10H,6-7,9H2,1-5H3;1-8H3;4,6H,2-3,5H2,1H3;3-5H,2H2,1H3;3-6H,2H2,1H3;3-4,6H,2H2,1H3;6H,2-5H2,1H3;7*1,3-4H2,2H3;;;1H;;;/q;;;;;;;;;;;;;-1;;;;+1;;+1/p-1. The molecule has 1 saturated carbocycles. The molecule has 3 aliphatic heterocycles. The van der Waals surface area contributed by atoms with Crippen LogP contribution in [0.2, 0.25) is 26.6 Å². The summed E-state index contributed by atoms with van der Waals surface area (Å²) in [5, 5.41) is 0. The summed E-state index contributed by atoms with van der Waals surface area (Å²) in [4.78, 5) is 23.6. The van der Waals surface area contributed by atoms with Gasteiger partial charge in [-0.1, -0.05) is 66.2 Å². The Labute approximate surface area is 870 Å². The van der Waals surface area contributed by atoms with E-state index in [0.29, 0.717) is 24.5 Å². The number of hydrogen-bond donors (Lipinski definition) is 0. The van der Waals surface area contributed by atoms with Crippen molar-refractivity contribution in [1.29, 1.82) is 0 Å². The molecule has 3 saturated heterocycles. The average molecular weight is 2530 g/mol. The van der Waals surface area contributed by atoms with Gasteiger partial charge in [-0.3, -0.25) is 9.78 Å². The van der Waals surface area contributed by atoms with E-state index in [4.69, 9.17) is 41.8 Å². The maximum absolute atomic E-state index is 11.9. The Hall–Kier alpha value is 0.420. The predicted molar refractivity (Wildman–Crippen MR) is 553 cm³/mol. The fourth-order valence-electron chi connectivity index (χ4n) is 13.0. The minimum Gasteiger partial charge on any atom is -0.343 e. The van der Waals surface area contributed by atoms with Gasteiger partial charge in [0.2, 0.25) is 0 Å². The van der Waals surface area contributed by atoms with Gasteiger partial charge in [0.1, 0.15) is 16.1 Å². The largest absolute Gasteiger partial charge is 1.00 e. The van der Waals surface area contributed by atoms with Gasteiger partial charge in [-0.05, 0) is 273 Å². The van der Waals surface area contributed by atoms with Crippen LogP contribution < -0.4 is 22.6 Å². The molecule has 6 heterocycles. The van der Waals surface area contributed by atoms with Crippen molar-refractivity contribution in [2.45, 2.75) is 424 Å². The summed E-state index contributed by atoms with van der Waals surface area (Å²) in [6, 6.07) is 12.8. The maximum Gasteiger partial charge on any atom is 1.00 e. The minimum atomic E-state index is -6.85. The van der Waals surface area contributed by atoms with E-state index in [1.165, 1.54) is 151 Å². The number of carbonyl (C=O) groups is 1. The maximum atomic E-state index is 11.9. The molecule has 6 aliphatic rings. The molecular weight excluding hydrogens is 2370 g/mol. The number of carbonyl (C=O) groups excluding carboxylic acids is 1. The molecule has 4 fully saturated rings. The van der Waals surface area contributed by atoms with Crippen molar-refractivity contribution >= 4 is 185 Å². The van der Waals surface area contributed by atoms with Gasteiger partial charge in [-0.2, -0.15) is 71.2 Å². The number of pyridine rings is 3. The Morgan fingerprint density at radius 1 is 0.470 bits per heavy atom. The Balaban J connectivity index is -0.00000144. The van der Waals surface area contributed by atoms with Crippen molar-refractivity contribution in [2.24, 2.45) is 17.8 Å². The molecule has 3 aromatic rings. The zero-order valence-corrected chi connectivity index (χ0v) is 102. The normalized spacial score (nSPS) is 18.9. The zero-order chi connectivity index (χ0) is 103. The number of Topliss-reactive ketones (excluding diaryl/α,β-unsaturated/α-hetero) is 1. The Kier molecular flexibility index (Phi) is 68.1. The molecule has 18 nitrogen and oxygen atoms in total. The molecule has 42 heteroatoms. The first-order chi connectivity index (χ1) is 61.0. The number of aromatic nitrogens is 3. The van der Waals surface area contributed by atoms with Crippen molar-refractivity contribution in [3.05, 3.63) is 113 Å². The second-order valence-electron chi connectivity index (χ2n) is 37.4. The monoisotopic (exact) mass is 2520 g/mol. The first-order valence-electron chi connectivity index (χ1n) is 47.0. The van der Waals surface area contributed by atoms with Gasteiger partial charge >= 0.3 is 323 Å². The Morgan fingerprint density at radius 2 is 0.799 bits per heavy atom. The van der Waals surface area contributed by atoms with Crippen LogP contribution >= 0.6 is 88.6 Å². The SMILES string of the molecule is BrC(Br)(Br)Br.CC1(C)OB(B2OC(C)(C)C(C)(C)O2)OC1(C)C.CC1CC=C(B2OC(C)(C)C(C)(C)O2)CC1.CC1CC=C(OS(=O)(=O)C(F)(F)F)CC1.CC1CCC(=O)CC1.CCC[CH2][Sn]([CH2]CCC)([CH2]CCC)[c]1ccc(CC)cn1.CCC[CH2][Sn]([Cl])([CH2]CCC)[CH2]CCC.CCc1ccc(Br)nc1.CCc1cccnc1.O=S(=O)(OS(=O)(=O)C(F)(F)F)C(F)(F)F.[CH2-]CCC.[Li+]. The van der Waals surface area contributed by atoms with Gasteiger partial charge in [0.25, 0.3) is 0 Å². The molecule has 0 radical (unpaired) electrons. The smallest absolute Gasteiger partial charge is 0.343 e. The molecular formula is C92H158B3Br5ClF9LiN3O15S3Sn2. The number of nitrogens with zero attached hydrogens (tertiary/aromatic N) is 3. The van der Waals surface area contributed by atoms with Gasteiger partial charge in [-0.15, -0.1) is 3.63 Å². The molecule has 9 rings (SSSR count). The van der Waals surface area contributed by atoms with Crippen molar-refractivity contribution in [1.82, 2.24) is 15.0 Å². The zero-order valence-electron chi connectivity index (χ0n) is 84.8. The molecule has 0 spiro atoms. The van der Waals surface area contributed by atoms with Crippen molar-refractivity contribution in [2.75, 3.05) is 0 Å². The quantitative estimate of drug-likeness (QED) is 0.0120. The predicted octanol–water partition coefficient (Wildman–Crippen LogP) is 27.8. The molecule has 3 aromatic heterocycles. The van der Waals surface area contributed by atoms with Crippen LogP contribution in [-0.4, -0.2) is 154 Å². The van der Waals surface area contributed by atoms with Crippen LogP contribution in [0.3, 0.4) is 0 Å². The topological polar surface area (TPSA) is 232 Å². The van der Waals surface area contributed by atoms with Crippen LogP contribution in [0.1, 0.15) is 344 Å². The third-order valence-electron chi connectivity index (χ3n) is 24.2. The summed E-state index contributed by atoms with van der Waals surface area (Å²) in [5.41, 5.74) is -14.4. The van der Waals surface area contributed by atoms with Crippen LogP contribution in [-0.2, 0) is 90.1 Å². The molecule has 3 aliphatic carbocycles. The number of halogens is 15. The first kappa shape index (κ1) is 139. The van der Waals surface area contributed by atoms with Gasteiger partial charge in [-0.25, -0.2) is 4.98 Å². The van der Waals surface area contributed by atoms with Crippen LogP contribution in [0.5, 0.6) is 0 Å². The number of allylic oxidation sites excluding steroid dienone is 4. The van der Waals surface area contributed by atoms with E-state index in [1.807, 2.05) is 90.5 Å². The van der Waals surface area contributed by atoms with Crippen LogP contribution in [0.25, 0.3) is 0 Å². The third kappa shape index (κ3) is 54.7. The molecule has 0 amide bonds. The number of unbranched alkanes of at least 4 members (excludes halogenated alkanes) is 7. The molecule has 2 unspecified atom stereocenters. The number of hydrogen-bond acceptors (Lipinski definition) is 18. The summed E-state index contributed by atoms with van der Waals surface area (Å²) in [6.45, 7) is 57.1. The second kappa shape index (κ2) is 65.9. The van der Waals surface area contributed by atoms with Crippen molar-refractivity contribution in [3.63, 3.8) is 0 Å². The summed E-state index contributed by atoms with van der Waals surface area (Å²) in [7, 11) is -13.4. The van der Waals surface area contributed by atoms with E-state index < -0.39 is 96.5 Å². The van der Waals surface area contributed by atoms with Gasteiger partial charge in [0.15, 0.2) is 1.05 Å². The number of aryl methyl sites for hydroxylation is 3. The van der Waals surface area contributed by atoms with E-state index >= 15 is 0 Å². The molecule has 0 bridgehead atoms. The van der Waals surface area contributed by atoms with Crippen molar-refractivity contribution in [3.8, 4) is 0 Å². The Bertz CT molecular complexity index is 3970. The summed E-state index contributed by atoms with van der Waals surface area (Å²) in [5.74, 6) is 2.32. The Morgan fingerprint density at radius 3 is 1.07 bits per heavy atom. The number of rotatable bonds is 29. The summed E-state index contributed by atoms with van der Waals surface area (Å²) in [6.07, 6.45) is 42.2. The van der Waals surface area contributed by atoms with Crippen LogP contribution in [0, 0.1) is 24.7 Å². The fraction of sp³-hybridized carbons (Fsp3) is 0.772. The summed E-state index contributed by atoms with van der Waals surface area (Å²) < 4.78 is 218. The minimum absolute atomic E-state index is 0. The summed E-state index contributed by atoms with van der Waals surface area (Å²) >= 11 is 11.4. The van der Waals surface area contributed by atoms with Gasteiger partial charge in [0, 0.05) is 37.9 Å². The second-order valence-corrected chi connectivity index (χ2v) is 83.5. The van der Waals surface area contributed by atoms with E-state index in [1.54, 1.807) is 9.91 Å². The third-order valence-corrected chi connectivity index (χ3v) is 57.9. The van der Waals surface area contributed by atoms with E-state index in [-0.39, 0.29) is 72.8 Å². The van der Waals surface area contributed by atoms with E-state index in [9.17, 15) is 69.6 Å². The fourth-order valence-corrected chi connectivity index (χ4v) is 44.0. The van der Waals surface area contributed by atoms with Gasteiger partial charge in [0.05, 0.1) is 33.6 Å².